The van der Waals surface area contributed by atoms with Gasteiger partial charge in [-0.05, 0) is 12.0 Å². The highest BCUT2D eigenvalue weighted by Crippen LogP contribution is 2.14. The van der Waals surface area contributed by atoms with Crippen molar-refractivity contribution >= 4 is 5.69 Å². The molecule has 0 amide bonds. The molecule has 1 unspecified atom stereocenters. The number of nitrogens with two attached hydrogens (primary N) is 1. The smallest absolute Gasteiger partial charge is 0.269 e. The van der Waals surface area contributed by atoms with Crippen molar-refractivity contribution in [3.8, 4) is 0 Å². The van der Waals surface area contributed by atoms with Crippen molar-refractivity contribution in [2.45, 2.75) is 32.4 Å². The van der Waals surface area contributed by atoms with Crippen LogP contribution in [0.5, 0.6) is 0 Å². The van der Waals surface area contributed by atoms with Gasteiger partial charge in [-0.1, -0.05) is 19.1 Å². The number of hydrogen-bond acceptors (Lipinski definition) is 4. The minimum atomic E-state index is -0.396. The van der Waals surface area contributed by atoms with Gasteiger partial charge in [0.2, 0.25) is 0 Å². The van der Waals surface area contributed by atoms with Crippen molar-refractivity contribution in [1.82, 2.24) is 9.55 Å². The van der Waals surface area contributed by atoms with Crippen molar-refractivity contribution in [3.05, 3.63) is 58.2 Å². The van der Waals surface area contributed by atoms with Crippen LogP contribution in [0.15, 0.2) is 36.7 Å². The van der Waals surface area contributed by atoms with Gasteiger partial charge in [-0.3, -0.25) is 10.1 Å². The lowest BCUT2D eigenvalue weighted by atomic mass is 10.1. The van der Waals surface area contributed by atoms with E-state index in [1.807, 2.05) is 17.7 Å². The second kappa shape index (κ2) is 6.29. The van der Waals surface area contributed by atoms with Crippen LogP contribution < -0.4 is 5.73 Å². The Morgan fingerprint density at radius 3 is 2.70 bits per heavy atom. The summed E-state index contributed by atoms with van der Waals surface area (Å²) < 4.78 is 2.02. The Balaban J connectivity index is 2.10. The van der Waals surface area contributed by atoms with Crippen molar-refractivity contribution < 1.29 is 4.92 Å². The average Bonchev–Trinajstić information content (AvgIpc) is 2.86. The maximum atomic E-state index is 10.6. The van der Waals surface area contributed by atoms with E-state index in [1.54, 1.807) is 18.3 Å². The monoisotopic (exact) mass is 274 g/mol. The van der Waals surface area contributed by atoms with Crippen LogP contribution in [0.4, 0.5) is 5.69 Å². The van der Waals surface area contributed by atoms with Gasteiger partial charge in [-0.2, -0.15) is 0 Å². The summed E-state index contributed by atoms with van der Waals surface area (Å²) >= 11 is 0. The standard InChI is InChI=1S/C14H18N4O2/c1-2-12(15)9-14-16-7-8-17(14)10-11-3-5-13(6-4-11)18(19)20/h3-8,12H,2,9-10,15H2,1H3. The summed E-state index contributed by atoms with van der Waals surface area (Å²) in [7, 11) is 0. The fourth-order valence-electron chi connectivity index (χ4n) is 1.97. The van der Waals surface area contributed by atoms with Crippen LogP contribution in [0.2, 0.25) is 0 Å². The lowest BCUT2D eigenvalue weighted by Crippen LogP contribution is -2.23. The summed E-state index contributed by atoms with van der Waals surface area (Å²) in [6.07, 6.45) is 5.29. The van der Waals surface area contributed by atoms with Gasteiger partial charge in [-0.25, -0.2) is 4.98 Å². The largest absolute Gasteiger partial charge is 0.330 e. The molecule has 0 bridgehead atoms. The van der Waals surface area contributed by atoms with Crippen LogP contribution >= 0.6 is 0 Å². The lowest BCUT2D eigenvalue weighted by molar-refractivity contribution is -0.384. The van der Waals surface area contributed by atoms with Crippen molar-refractivity contribution in [2.75, 3.05) is 0 Å². The van der Waals surface area contributed by atoms with Crippen LogP contribution in [0.1, 0.15) is 24.7 Å². The van der Waals surface area contributed by atoms with Gasteiger partial charge < -0.3 is 10.3 Å². The minimum absolute atomic E-state index is 0.104. The SMILES string of the molecule is CCC(N)Cc1nccn1Cc1ccc([N+](=O)[O-])cc1. The highest BCUT2D eigenvalue weighted by molar-refractivity contribution is 5.33. The van der Waals surface area contributed by atoms with Gasteiger partial charge in [-0.15, -0.1) is 0 Å². The summed E-state index contributed by atoms with van der Waals surface area (Å²) in [5.41, 5.74) is 7.06. The van der Waals surface area contributed by atoms with E-state index in [0.717, 1.165) is 24.2 Å². The highest BCUT2D eigenvalue weighted by Gasteiger charge is 2.09. The number of nitro benzene ring substituents is 1. The zero-order chi connectivity index (χ0) is 14.5. The predicted molar refractivity (Wildman–Crippen MR) is 76.4 cm³/mol. The van der Waals surface area contributed by atoms with Crippen LogP contribution in [0, 0.1) is 10.1 Å². The molecule has 1 aromatic heterocycles. The summed E-state index contributed by atoms with van der Waals surface area (Å²) in [4.78, 5) is 14.5. The average molecular weight is 274 g/mol. The van der Waals surface area contributed by atoms with Crippen molar-refractivity contribution in [1.29, 1.82) is 0 Å². The molecule has 1 atom stereocenters. The molecule has 0 aliphatic rings. The molecule has 6 nitrogen and oxygen atoms in total. The molecule has 0 fully saturated rings. The molecule has 2 aromatic rings. The first-order valence-electron chi connectivity index (χ1n) is 6.59. The summed E-state index contributed by atoms with van der Waals surface area (Å²) in [6.45, 7) is 2.69. The summed E-state index contributed by atoms with van der Waals surface area (Å²) in [5.74, 6) is 0.942. The van der Waals surface area contributed by atoms with Gasteiger partial charge in [0.15, 0.2) is 0 Å². The second-order valence-corrected chi connectivity index (χ2v) is 4.77. The van der Waals surface area contributed by atoms with E-state index in [2.05, 4.69) is 4.98 Å². The molecule has 0 aliphatic heterocycles. The molecule has 1 heterocycles. The number of benzene rings is 1. The van der Waals surface area contributed by atoms with Crippen LogP contribution in [-0.2, 0) is 13.0 Å². The normalized spacial score (nSPS) is 12.3. The number of non-ortho nitro benzene ring substituents is 1. The third-order valence-corrected chi connectivity index (χ3v) is 3.27. The first-order valence-corrected chi connectivity index (χ1v) is 6.59. The van der Waals surface area contributed by atoms with Crippen molar-refractivity contribution in [3.63, 3.8) is 0 Å². The Labute approximate surface area is 117 Å². The molecule has 106 valence electrons. The molecule has 0 spiro atoms. The van der Waals surface area contributed by atoms with Crippen molar-refractivity contribution in [2.24, 2.45) is 5.73 Å². The maximum absolute atomic E-state index is 10.6. The quantitative estimate of drug-likeness (QED) is 0.645. The predicted octanol–water partition coefficient (Wildman–Crippen LogP) is 2.12. The Morgan fingerprint density at radius 2 is 2.10 bits per heavy atom. The Morgan fingerprint density at radius 1 is 1.40 bits per heavy atom. The number of aromatic nitrogens is 2. The number of hydrogen-bond donors (Lipinski definition) is 1. The van der Waals surface area contributed by atoms with Gasteiger partial charge in [0.1, 0.15) is 5.82 Å². The molecule has 2 N–H and O–H groups in total. The molecule has 20 heavy (non-hydrogen) atoms. The van der Waals surface area contributed by atoms with E-state index in [0.29, 0.717) is 6.54 Å². The highest BCUT2D eigenvalue weighted by atomic mass is 16.6. The summed E-state index contributed by atoms with van der Waals surface area (Å²) in [5, 5.41) is 10.6. The molecule has 6 heteroatoms. The number of nitrogens with zero attached hydrogens (tertiary/aromatic N) is 3. The zero-order valence-corrected chi connectivity index (χ0v) is 11.4. The molecule has 0 radical (unpaired) electrons. The second-order valence-electron chi connectivity index (χ2n) is 4.77. The number of imidazole rings is 1. The molecule has 1 aromatic carbocycles. The first kappa shape index (κ1) is 14.2. The topological polar surface area (TPSA) is 87.0 Å². The minimum Gasteiger partial charge on any atom is -0.330 e. The Hall–Kier alpha value is -2.21. The van der Waals surface area contributed by atoms with Gasteiger partial charge in [0, 0.05) is 43.5 Å². The molecule has 0 aliphatic carbocycles. The molecule has 0 saturated carbocycles. The van der Waals surface area contributed by atoms with E-state index < -0.39 is 4.92 Å². The van der Waals surface area contributed by atoms with Crippen LogP contribution in [0.25, 0.3) is 0 Å². The molecule has 0 saturated heterocycles. The maximum Gasteiger partial charge on any atom is 0.269 e. The number of rotatable bonds is 6. The van der Waals surface area contributed by atoms with Crippen LogP contribution in [-0.4, -0.2) is 20.5 Å². The number of nitro groups is 1. The fourth-order valence-corrected chi connectivity index (χ4v) is 1.97. The van der Waals surface area contributed by atoms with E-state index in [9.17, 15) is 10.1 Å². The fraction of sp³-hybridized carbons (Fsp3) is 0.357. The van der Waals surface area contributed by atoms with E-state index in [-0.39, 0.29) is 11.7 Å². The molecular weight excluding hydrogens is 256 g/mol. The summed E-state index contributed by atoms with van der Waals surface area (Å²) in [6, 6.07) is 6.67. The molecule has 2 rings (SSSR count). The Bertz CT molecular complexity index is 577. The van der Waals surface area contributed by atoms with Gasteiger partial charge in [0.25, 0.3) is 5.69 Å². The Kier molecular flexibility index (Phi) is 4.47. The lowest BCUT2D eigenvalue weighted by Gasteiger charge is -2.11. The zero-order valence-electron chi connectivity index (χ0n) is 11.4. The first-order chi connectivity index (χ1) is 9.60. The van der Waals surface area contributed by atoms with E-state index in [1.165, 1.54) is 12.1 Å². The third-order valence-electron chi connectivity index (χ3n) is 3.27. The van der Waals surface area contributed by atoms with E-state index in [4.69, 9.17) is 5.73 Å². The third kappa shape index (κ3) is 3.42. The van der Waals surface area contributed by atoms with Gasteiger partial charge >= 0.3 is 0 Å². The van der Waals surface area contributed by atoms with Crippen LogP contribution in [0.3, 0.4) is 0 Å². The molecular formula is C14H18N4O2. The van der Waals surface area contributed by atoms with E-state index >= 15 is 0 Å². The van der Waals surface area contributed by atoms with Gasteiger partial charge in [0.05, 0.1) is 4.92 Å².